The Kier molecular flexibility index (Phi) is 22.4. The van der Waals surface area contributed by atoms with Gasteiger partial charge in [-0.25, -0.2) is 4.98 Å². The summed E-state index contributed by atoms with van der Waals surface area (Å²) >= 11 is 6.31. The van der Waals surface area contributed by atoms with Crippen LogP contribution >= 0.6 is 11.6 Å². The molecule has 51 heavy (non-hydrogen) atoms. The highest BCUT2D eigenvalue weighted by Gasteiger charge is 2.51. The highest BCUT2D eigenvalue weighted by atomic mass is 35.5. The molecular weight excluding hydrogens is 690 g/mol. The molecule has 1 fully saturated rings. The van der Waals surface area contributed by atoms with Gasteiger partial charge in [0.1, 0.15) is 5.82 Å². The Balaban J connectivity index is 0.00000143. The number of piperidine rings is 1. The fraction of sp³-hybridized carbons (Fsp3) is 0.658. The smallest absolute Gasteiger partial charge is 0.238 e. The second kappa shape index (κ2) is 25.5. The van der Waals surface area contributed by atoms with E-state index in [1.54, 1.807) is 12.4 Å². The fourth-order valence-corrected chi connectivity index (χ4v) is 7.21. The molecule has 4 heterocycles. The number of aryl methyl sites for hydroxylation is 1. The Bertz CT molecular complexity index is 1440. The average Bonchev–Trinajstić information content (AvgIpc) is 3.62. The van der Waals surface area contributed by atoms with E-state index < -0.39 is 16.2 Å². The molecule has 288 valence electrons. The number of nitrogens with one attached hydrogen (secondary N) is 1. The number of rotatable bonds is 19. The summed E-state index contributed by atoms with van der Waals surface area (Å²) in [6.07, 6.45) is 5.79. The summed E-state index contributed by atoms with van der Waals surface area (Å²) in [4.78, 5) is 25.2. The van der Waals surface area contributed by atoms with Crippen LogP contribution in [0.25, 0.3) is 11.0 Å². The molecule has 0 saturated carbocycles. The molecule has 5 rings (SSSR count). The Labute approximate surface area is 313 Å². The third-order valence-corrected chi connectivity index (χ3v) is 9.94. The minimum atomic E-state index is -1.02. The molecule has 1 unspecified atom stereocenters. The summed E-state index contributed by atoms with van der Waals surface area (Å²) in [6, 6.07) is 7.66. The summed E-state index contributed by atoms with van der Waals surface area (Å²) in [6.45, 7) is 20.7. The van der Waals surface area contributed by atoms with Crippen LogP contribution < -0.4 is 10.2 Å². The number of pyridine rings is 1. The van der Waals surface area contributed by atoms with Crippen molar-refractivity contribution in [2.75, 3.05) is 82.4 Å². The molecule has 1 spiro atoms. The first kappa shape index (κ1) is 44.7. The van der Waals surface area contributed by atoms with E-state index in [0.29, 0.717) is 88.9 Å². The quantitative estimate of drug-likeness (QED) is 0.136. The van der Waals surface area contributed by atoms with E-state index in [1.807, 2.05) is 77.6 Å². The predicted molar refractivity (Wildman–Crippen MR) is 209 cm³/mol. The summed E-state index contributed by atoms with van der Waals surface area (Å²) in [7, 11) is -1.02. The lowest BCUT2D eigenvalue weighted by atomic mass is 9.74. The number of nitrogens with zero attached hydrogens (tertiary/aromatic N) is 4. The molecule has 1 saturated heterocycles. The van der Waals surface area contributed by atoms with Gasteiger partial charge in [-0.1, -0.05) is 53.1 Å². The number of hydrogen-bond donors (Lipinski definition) is 1. The molecule has 0 aliphatic carbocycles. The molecule has 2 aliphatic rings. The zero-order valence-corrected chi connectivity index (χ0v) is 33.6. The summed E-state index contributed by atoms with van der Waals surface area (Å²) < 4.78 is 36.6. The van der Waals surface area contributed by atoms with Crippen LogP contribution in [0.3, 0.4) is 0 Å². The second-order valence-electron chi connectivity index (χ2n) is 11.2. The van der Waals surface area contributed by atoms with E-state index in [-0.39, 0.29) is 5.91 Å². The number of carbonyl (C=O) groups excluding carboxylic acids is 1. The van der Waals surface area contributed by atoms with Crippen LogP contribution in [0.5, 0.6) is 0 Å². The van der Waals surface area contributed by atoms with Crippen LogP contribution in [-0.4, -0.2) is 102 Å². The van der Waals surface area contributed by atoms with Gasteiger partial charge in [-0.15, -0.1) is 0 Å². The van der Waals surface area contributed by atoms with Crippen molar-refractivity contribution in [3.63, 3.8) is 0 Å². The van der Waals surface area contributed by atoms with E-state index in [2.05, 4.69) is 14.9 Å². The van der Waals surface area contributed by atoms with Crippen LogP contribution in [0.15, 0.2) is 36.7 Å². The van der Waals surface area contributed by atoms with Crippen molar-refractivity contribution in [3.05, 3.63) is 53.1 Å². The van der Waals surface area contributed by atoms with Crippen molar-refractivity contribution < 1.29 is 28.0 Å². The molecule has 0 bridgehead atoms. The maximum Gasteiger partial charge on any atom is 0.238 e. The molecule has 13 heteroatoms. The molecular formula is C38H62ClN5O6S. The lowest BCUT2D eigenvalue weighted by Gasteiger charge is -2.33. The van der Waals surface area contributed by atoms with Crippen molar-refractivity contribution in [3.8, 4) is 0 Å². The fourth-order valence-electron chi connectivity index (χ4n) is 6.09. The maximum atomic E-state index is 14.0. The molecule has 11 nitrogen and oxygen atoms in total. The highest BCUT2D eigenvalue weighted by Crippen LogP contribution is 2.47. The van der Waals surface area contributed by atoms with Crippen molar-refractivity contribution in [2.45, 2.75) is 86.2 Å². The number of anilines is 1. The van der Waals surface area contributed by atoms with Gasteiger partial charge in [0.15, 0.2) is 0 Å². The molecule has 3 aromatic rings. The molecule has 2 aliphatic heterocycles. The maximum absolute atomic E-state index is 14.0. The minimum absolute atomic E-state index is 0.112. The van der Waals surface area contributed by atoms with E-state index in [1.165, 1.54) is 0 Å². The summed E-state index contributed by atoms with van der Waals surface area (Å²) in [5.74, 6) is 1.89. The monoisotopic (exact) mass is 751 g/mol. The van der Waals surface area contributed by atoms with Crippen LogP contribution in [0.1, 0.15) is 79.1 Å². The van der Waals surface area contributed by atoms with Crippen molar-refractivity contribution in [1.82, 2.24) is 19.9 Å². The Morgan fingerprint density at radius 3 is 2.16 bits per heavy atom. The normalized spacial score (nSPS) is 15.0. The van der Waals surface area contributed by atoms with Crippen LogP contribution in [0.2, 0.25) is 5.02 Å². The number of aromatic nitrogens is 3. The summed E-state index contributed by atoms with van der Waals surface area (Å²) in [5.41, 5.74) is 3.12. The number of carbonyl (C=O) groups is 1. The number of ether oxygens (including phenoxy) is 4. The molecule has 1 N–H and O–H groups in total. The lowest BCUT2D eigenvalue weighted by Crippen LogP contribution is -2.47. The van der Waals surface area contributed by atoms with Gasteiger partial charge in [0.25, 0.3) is 0 Å². The number of amides is 1. The van der Waals surface area contributed by atoms with Gasteiger partial charge >= 0.3 is 0 Å². The van der Waals surface area contributed by atoms with Gasteiger partial charge < -0.3 is 33.7 Å². The largest absolute Gasteiger partial charge is 0.379 e. The minimum Gasteiger partial charge on any atom is -0.379 e. The first-order chi connectivity index (χ1) is 25.0. The first-order valence-electron chi connectivity index (χ1n) is 18.8. The van der Waals surface area contributed by atoms with Crippen LogP contribution in [0, 0.1) is 0 Å². The first-order valence-corrected chi connectivity index (χ1v) is 20.7. The summed E-state index contributed by atoms with van der Waals surface area (Å²) in [5, 5.41) is 4.00. The number of benzene rings is 1. The highest BCUT2D eigenvalue weighted by molar-refractivity contribution is 7.84. The SMILES string of the molecule is CC.CC.CC.CCOCCOCCOCCOCCS(=O)CCCn1c(CN2C(=O)C3(CCNCC3)c3ccncc32)nc2cc(Cl)ccc21. The second-order valence-corrected chi connectivity index (χ2v) is 13.3. The van der Waals surface area contributed by atoms with Crippen LogP contribution in [0.4, 0.5) is 5.69 Å². The van der Waals surface area contributed by atoms with Gasteiger partial charge in [0.2, 0.25) is 5.91 Å². The third kappa shape index (κ3) is 12.9. The van der Waals surface area contributed by atoms with Crippen molar-refractivity contribution in [1.29, 1.82) is 0 Å². The van der Waals surface area contributed by atoms with Gasteiger partial charge in [-0.2, -0.15) is 0 Å². The molecule has 1 amide bonds. The molecule has 2 aromatic heterocycles. The van der Waals surface area contributed by atoms with E-state index in [9.17, 15) is 9.00 Å². The standard InChI is InChI=1S/C32H44ClN5O6S.3C2H6/c1-2-41-13-14-42-15-16-43-17-18-44-19-21-45(40)20-3-12-37-28-5-4-25(33)22-27(28)36-30(37)24-38-29-23-35-9-6-26(29)32(31(38)39)7-10-34-11-8-32;3*1-2/h4-6,9,22-23,34H,2-3,7-8,10-21,24H2,1H3;3*1-2H3. The topological polar surface area (TPSA) is 117 Å². The van der Waals surface area contributed by atoms with Crippen molar-refractivity contribution in [2.24, 2.45) is 0 Å². The molecule has 0 radical (unpaired) electrons. The lowest BCUT2D eigenvalue weighted by molar-refractivity contribution is -0.124. The van der Waals surface area contributed by atoms with E-state index >= 15 is 0 Å². The van der Waals surface area contributed by atoms with Crippen molar-refractivity contribution >= 4 is 45.0 Å². The Morgan fingerprint density at radius 1 is 0.882 bits per heavy atom. The van der Waals surface area contributed by atoms with Gasteiger partial charge in [-0.3, -0.25) is 14.0 Å². The molecule has 1 atom stereocenters. The van der Waals surface area contributed by atoms with E-state index in [4.69, 9.17) is 35.5 Å². The third-order valence-electron chi connectivity index (χ3n) is 8.34. The molecule has 1 aromatic carbocycles. The zero-order valence-electron chi connectivity index (χ0n) is 32.0. The Hall–Kier alpha value is -2.45. The number of fused-ring (bicyclic) bond motifs is 3. The Morgan fingerprint density at radius 2 is 1.51 bits per heavy atom. The number of imidazole rings is 1. The van der Waals surface area contributed by atoms with Crippen LogP contribution in [-0.2, 0) is 53.0 Å². The average molecular weight is 752 g/mol. The predicted octanol–water partition coefficient (Wildman–Crippen LogP) is 6.56. The number of hydrogen-bond acceptors (Lipinski definition) is 9. The zero-order chi connectivity index (χ0) is 37.5. The van der Waals surface area contributed by atoms with Gasteiger partial charge in [0, 0.05) is 46.7 Å². The van der Waals surface area contributed by atoms with E-state index in [0.717, 1.165) is 54.0 Å². The number of halogens is 1. The van der Waals surface area contributed by atoms with Gasteiger partial charge in [-0.05, 0) is 69.1 Å². The van der Waals surface area contributed by atoms with Gasteiger partial charge in [0.05, 0.1) is 81.1 Å².